The number of H-pyrrole nitrogens is 1. The van der Waals surface area contributed by atoms with E-state index in [1.54, 1.807) is 7.11 Å². The van der Waals surface area contributed by atoms with Crippen LogP contribution in [-0.2, 0) is 4.74 Å². The number of hydrogen-bond donors (Lipinski definition) is 2. The summed E-state index contributed by atoms with van der Waals surface area (Å²) in [7, 11) is 1.74. The van der Waals surface area contributed by atoms with Gasteiger partial charge < -0.3 is 19.9 Å². The molecule has 1 atom stereocenters. The minimum Gasteiger partial charge on any atom is -0.385 e. The van der Waals surface area contributed by atoms with Gasteiger partial charge in [0.05, 0.1) is 11.0 Å². The average Bonchev–Trinajstić information content (AvgIpc) is 3.17. The summed E-state index contributed by atoms with van der Waals surface area (Å²) in [6.07, 6.45) is 2.21. The van der Waals surface area contributed by atoms with Crippen LogP contribution < -0.4 is 5.32 Å². The first-order valence-corrected chi connectivity index (χ1v) is 8.61. The molecule has 1 saturated heterocycles. The monoisotopic (exact) mass is 330 g/mol. The number of ether oxygens (including phenoxy) is 1. The Labute approximate surface area is 142 Å². The number of aryl methyl sites for hydroxylation is 1. The number of methoxy groups -OCH3 is 1. The molecule has 2 aromatic rings. The number of imidazole rings is 1. The van der Waals surface area contributed by atoms with Gasteiger partial charge in [-0.05, 0) is 50.4 Å². The van der Waals surface area contributed by atoms with Crippen molar-refractivity contribution in [3.63, 3.8) is 0 Å². The Kier molecular flexibility index (Phi) is 5.48. The highest BCUT2D eigenvalue weighted by molar-refractivity contribution is 5.97. The van der Waals surface area contributed by atoms with Gasteiger partial charge in [-0.25, -0.2) is 4.98 Å². The predicted octanol–water partition coefficient (Wildman–Crippen LogP) is 1.96. The summed E-state index contributed by atoms with van der Waals surface area (Å²) in [5.74, 6) is 1.39. The fraction of sp³-hybridized carbons (Fsp3) is 0.556. The number of carbonyl (C=O) groups is 1. The average molecular weight is 330 g/mol. The van der Waals surface area contributed by atoms with Crippen molar-refractivity contribution in [2.45, 2.75) is 19.8 Å². The lowest BCUT2D eigenvalue weighted by molar-refractivity contribution is 0.0947. The standard InChI is InChI=1S/C18H26N4O2/c1-13-20-16-5-4-15(10-17(16)21-13)18(23)19-11-14-6-8-22(12-14)7-3-9-24-2/h4-5,10,14H,3,6-9,11-12H2,1-2H3,(H,19,23)(H,20,21)/t14-/m0/s1. The maximum Gasteiger partial charge on any atom is 0.251 e. The molecule has 3 rings (SSSR count). The molecule has 1 aliphatic rings. The topological polar surface area (TPSA) is 70.2 Å². The van der Waals surface area contributed by atoms with E-state index in [2.05, 4.69) is 20.2 Å². The second-order valence-electron chi connectivity index (χ2n) is 6.57. The third-order valence-corrected chi connectivity index (χ3v) is 4.61. The molecule has 1 aromatic carbocycles. The van der Waals surface area contributed by atoms with E-state index in [0.29, 0.717) is 11.5 Å². The van der Waals surface area contributed by atoms with Crippen LogP contribution in [0.4, 0.5) is 0 Å². The van der Waals surface area contributed by atoms with Crippen LogP contribution in [0, 0.1) is 12.8 Å². The summed E-state index contributed by atoms with van der Waals surface area (Å²) in [6.45, 7) is 6.71. The quantitative estimate of drug-likeness (QED) is 0.762. The zero-order valence-corrected chi connectivity index (χ0v) is 14.5. The molecule has 24 heavy (non-hydrogen) atoms. The van der Waals surface area contributed by atoms with E-state index in [1.807, 2.05) is 25.1 Å². The van der Waals surface area contributed by atoms with Gasteiger partial charge in [0.15, 0.2) is 0 Å². The molecule has 1 amide bonds. The minimum absolute atomic E-state index is 0.0120. The number of fused-ring (bicyclic) bond motifs is 1. The van der Waals surface area contributed by atoms with Crippen LogP contribution >= 0.6 is 0 Å². The van der Waals surface area contributed by atoms with Gasteiger partial charge in [-0.3, -0.25) is 4.79 Å². The Bertz CT molecular complexity index is 697. The first kappa shape index (κ1) is 16.9. The van der Waals surface area contributed by atoms with Crippen LogP contribution in [0.15, 0.2) is 18.2 Å². The van der Waals surface area contributed by atoms with Gasteiger partial charge in [0.2, 0.25) is 0 Å². The molecule has 2 heterocycles. The van der Waals surface area contributed by atoms with Crippen LogP contribution in [0.25, 0.3) is 11.0 Å². The highest BCUT2D eigenvalue weighted by atomic mass is 16.5. The second kappa shape index (κ2) is 7.77. The molecule has 1 aliphatic heterocycles. The van der Waals surface area contributed by atoms with Crippen LogP contribution in [0.5, 0.6) is 0 Å². The third kappa shape index (κ3) is 4.13. The van der Waals surface area contributed by atoms with Gasteiger partial charge in [0, 0.05) is 38.9 Å². The van der Waals surface area contributed by atoms with Gasteiger partial charge in [-0.2, -0.15) is 0 Å². The van der Waals surface area contributed by atoms with Crippen molar-refractivity contribution in [1.29, 1.82) is 0 Å². The maximum atomic E-state index is 12.4. The SMILES string of the molecule is COCCCN1CC[C@@H](CNC(=O)c2ccc3nc(C)[nH]c3c2)C1. The van der Waals surface area contributed by atoms with Crippen LogP contribution in [0.3, 0.4) is 0 Å². The summed E-state index contributed by atoms with van der Waals surface area (Å²) in [6, 6.07) is 5.60. The number of hydrogen-bond acceptors (Lipinski definition) is 4. The highest BCUT2D eigenvalue weighted by Crippen LogP contribution is 2.16. The fourth-order valence-corrected chi connectivity index (χ4v) is 3.33. The van der Waals surface area contributed by atoms with Crippen molar-refractivity contribution in [1.82, 2.24) is 20.2 Å². The Morgan fingerprint density at radius 3 is 3.21 bits per heavy atom. The Morgan fingerprint density at radius 2 is 2.38 bits per heavy atom. The number of aromatic amines is 1. The Hall–Kier alpha value is -1.92. The van der Waals surface area contributed by atoms with Crippen molar-refractivity contribution < 1.29 is 9.53 Å². The molecular weight excluding hydrogens is 304 g/mol. The number of carbonyl (C=O) groups excluding carboxylic acids is 1. The number of amides is 1. The van der Waals surface area contributed by atoms with E-state index in [4.69, 9.17) is 4.74 Å². The fourth-order valence-electron chi connectivity index (χ4n) is 3.33. The normalized spacial score (nSPS) is 18.3. The van der Waals surface area contributed by atoms with Crippen LogP contribution in [0.1, 0.15) is 29.0 Å². The second-order valence-corrected chi connectivity index (χ2v) is 6.57. The van der Waals surface area contributed by atoms with Gasteiger partial charge >= 0.3 is 0 Å². The largest absolute Gasteiger partial charge is 0.385 e. The van der Waals surface area contributed by atoms with Gasteiger partial charge in [-0.1, -0.05) is 0 Å². The third-order valence-electron chi connectivity index (χ3n) is 4.61. The molecule has 0 radical (unpaired) electrons. The molecule has 0 bridgehead atoms. The van der Waals surface area contributed by atoms with Gasteiger partial charge in [-0.15, -0.1) is 0 Å². The van der Waals surface area contributed by atoms with Crippen molar-refractivity contribution in [3.8, 4) is 0 Å². The van der Waals surface area contributed by atoms with Crippen LogP contribution in [-0.4, -0.2) is 60.7 Å². The molecule has 0 aliphatic carbocycles. The lowest BCUT2D eigenvalue weighted by atomic mass is 10.1. The summed E-state index contributed by atoms with van der Waals surface area (Å²) in [4.78, 5) is 22.4. The molecule has 6 nitrogen and oxygen atoms in total. The molecular formula is C18H26N4O2. The smallest absolute Gasteiger partial charge is 0.251 e. The van der Waals surface area contributed by atoms with Crippen molar-refractivity contribution in [2.75, 3.05) is 39.9 Å². The molecule has 0 saturated carbocycles. The minimum atomic E-state index is -0.0120. The molecule has 130 valence electrons. The van der Waals surface area contributed by atoms with Crippen molar-refractivity contribution >= 4 is 16.9 Å². The summed E-state index contributed by atoms with van der Waals surface area (Å²) in [5.41, 5.74) is 2.48. The first-order chi connectivity index (χ1) is 11.7. The highest BCUT2D eigenvalue weighted by Gasteiger charge is 2.22. The van der Waals surface area contributed by atoms with Crippen LogP contribution in [0.2, 0.25) is 0 Å². The van der Waals surface area contributed by atoms with E-state index in [1.165, 1.54) is 0 Å². The Balaban J connectivity index is 1.48. The molecule has 1 aromatic heterocycles. The lowest BCUT2D eigenvalue weighted by Gasteiger charge is -2.16. The van der Waals surface area contributed by atoms with E-state index < -0.39 is 0 Å². The summed E-state index contributed by atoms with van der Waals surface area (Å²) >= 11 is 0. The number of nitrogens with one attached hydrogen (secondary N) is 2. The molecule has 0 unspecified atom stereocenters. The van der Waals surface area contributed by atoms with Gasteiger partial charge in [0.1, 0.15) is 5.82 Å². The number of aromatic nitrogens is 2. The lowest BCUT2D eigenvalue weighted by Crippen LogP contribution is -2.31. The number of benzene rings is 1. The van der Waals surface area contributed by atoms with E-state index in [-0.39, 0.29) is 5.91 Å². The molecule has 6 heteroatoms. The maximum absolute atomic E-state index is 12.4. The number of rotatable bonds is 7. The van der Waals surface area contributed by atoms with Crippen molar-refractivity contribution in [3.05, 3.63) is 29.6 Å². The zero-order chi connectivity index (χ0) is 16.9. The Morgan fingerprint density at radius 1 is 1.50 bits per heavy atom. The van der Waals surface area contributed by atoms with E-state index in [0.717, 1.165) is 62.5 Å². The summed E-state index contributed by atoms with van der Waals surface area (Å²) < 4.78 is 5.10. The van der Waals surface area contributed by atoms with E-state index in [9.17, 15) is 4.79 Å². The van der Waals surface area contributed by atoms with Crippen molar-refractivity contribution in [2.24, 2.45) is 5.92 Å². The molecule has 1 fully saturated rings. The first-order valence-electron chi connectivity index (χ1n) is 8.61. The molecule has 0 spiro atoms. The summed E-state index contributed by atoms with van der Waals surface area (Å²) in [5, 5.41) is 3.08. The molecule has 2 N–H and O–H groups in total. The zero-order valence-electron chi connectivity index (χ0n) is 14.5. The van der Waals surface area contributed by atoms with Gasteiger partial charge in [0.25, 0.3) is 5.91 Å². The number of likely N-dealkylation sites (tertiary alicyclic amines) is 1. The predicted molar refractivity (Wildman–Crippen MR) is 94.2 cm³/mol. The van der Waals surface area contributed by atoms with E-state index >= 15 is 0 Å². The number of nitrogens with zero attached hydrogens (tertiary/aromatic N) is 2.